The molecule has 1 aromatic rings. The van der Waals surface area contributed by atoms with Gasteiger partial charge in [-0.3, -0.25) is 0 Å². The van der Waals surface area contributed by atoms with Crippen molar-refractivity contribution in [2.75, 3.05) is 11.1 Å². The van der Waals surface area contributed by atoms with Crippen LogP contribution in [-0.2, 0) is 0 Å². The fraction of sp³-hybridized carbons (Fsp3) is 0.538. The number of rotatable bonds is 6. The van der Waals surface area contributed by atoms with Crippen LogP contribution in [0.15, 0.2) is 12.1 Å². The maximum Gasteiger partial charge on any atom is 0.354 e. The summed E-state index contributed by atoms with van der Waals surface area (Å²) in [6.45, 7) is 2.11. The van der Waals surface area contributed by atoms with Gasteiger partial charge in [0, 0.05) is 6.04 Å². The Balaban J connectivity index is 2.10. The van der Waals surface area contributed by atoms with Crippen LogP contribution in [0.2, 0.25) is 0 Å². The molecule has 1 fully saturated rings. The molecule has 1 saturated carbocycles. The highest BCUT2D eigenvalue weighted by Gasteiger charge is 2.25. The second-order valence-corrected chi connectivity index (χ2v) is 4.87. The molecule has 18 heavy (non-hydrogen) atoms. The normalized spacial score (nSPS) is 16.3. The van der Waals surface area contributed by atoms with Crippen LogP contribution in [0.1, 0.15) is 43.1 Å². The minimum Gasteiger partial charge on any atom is -0.477 e. The van der Waals surface area contributed by atoms with Crippen molar-refractivity contribution < 1.29 is 9.90 Å². The van der Waals surface area contributed by atoms with Crippen molar-refractivity contribution in [3.63, 3.8) is 0 Å². The van der Waals surface area contributed by atoms with Crippen molar-refractivity contribution in [3.05, 3.63) is 17.8 Å². The summed E-state index contributed by atoms with van der Waals surface area (Å²) in [4.78, 5) is 14.9. The SMILES string of the molecule is CCC(CC1CC1)Nc1nc(C(=O)O)ccc1N. The molecule has 1 aliphatic carbocycles. The van der Waals surface area contributed by atoms with Gasteiger partial charge in [-0.25, -0.2) is 9.78 Å². The Morgan fingerprint density at radius 2 is 2.33 bits per heavy atom. The molecule has 0 saturated heterocycles. The van der Waals surface area contributed by atoms with E-state index in [1.165, 1.54) is 18.9 Å². The van der Waals surface area contributed by atoms with Crippen LogP contribution in [0.4, 0.5) is 11.5 Å². The fourth-order valence-corrected chi connectivity index (χ4v) is 1.98. The van der Waals surface area contributed by atoms with Crippen molar-refractivity contribution >= 4 is 17.5 Å². The quantitative estimate of drug-likeness (QED) is 0.720. The highest BCUT2D eigenvalue weighted by atomic mass is 16.4. The number of aromatic nitrogens is 1. The second-order valence-electron chi connectivity index (χ2n) is 4.87. The molecule has 5 nitrogen and oxygen atoms in total. The first-order chi connectivity index (χ1) is 8.60. The molecular formula is C13H19N3O2. The largest absolute Gasteiger partial charge is 0.477 e. The lowest BCUT2D eigenvalue weighted by molar-refractivity contribution is 0.0690. The van der Waals surface area contributed by atoms with Gasteiger partial charge in [0.05, 0.1) is 5.69 Å². The Labute approximate surface area is 106 Å². The lowest BCUT2D eigenvalue weighted by Crippen LogP contribution is -2.21. The Bertz CT molecular complexity index is 444. The summed E-state index contributed by atoms with van der Waals surface area (Å²) >= 11 is 0. The molecule has 1 atom stereocenters. The number of carboxylic acids is 1. The maximum absolute atomic E-state index is 10.9. The van der Waals surface area contributed by atoms with E-state index in [2.05, 4.69) is 17.2 Å². The van der Waals surface area contributed by atoms with E-state index >= 15 is 0 Å². The highest BCUT2D eigenvalue weighted by molar-refractivity contribution is 5.86. The number of pyridine rings is 1. The Hall–Kier alpha value is -1.78. The number of nitrogens with two attached hydrogens (primary N) is 1. The molecule has 2 rings (SSSR count). The van der Waals surface area contributed by atoms with Crippen LogP contribution >= 0.6 is 0 Å². The third-order valence-electron chi connectivity index (χ3n) is 3.29. The standard InChI is InChI=1S/C13H19N3O2/c1-2-9(7-8-3-4-8)15-12-10(14)5-6-11(16-12)13(17)18/h5-6,8-9H,2-4,7,14H2,1H3,(H,15,16)(H,17,18). The van der Waals surface area contributed by atoms with Crippen molar-refractivity contribution in [3.8, 4) is 0 Å². The first-order valence-corrected chi connectivity index (χ1v) is 6.36. The third kappa shape index (κ3) is 3.12. The molecule has 0 aliphatic heterocycles. The van der Waals surface area contributed by atoms with Gasteiger partial charge in [0.15, 0.2) is 5.69 Å². The summed E-state index contributed by atoms with van der Waals surface area (Å²) in [5.41, 5.74) is 6.34. The Morgan fingerprint density at radius 1 is 1.61 bits per heavy atom. The van der Waals surface area contributed by atoms with Crippen molar-refractivity contribution in [1.82, 2.24) is 4.98 Å². The topological polar surface area (TPSA) is 88.2 Å². The zero-order chi connectivity index (χ0) is 13.1. The van der Waals surface area contributed by atoms with Crippen LogP contribution in [0.25, 0.3) is 0 Å². The van der Waals surface area contributed by atoms with Crippen LogP contribution in [0, 0.1) is 5.92 Å². The van der Waals surface area contributed by atoms with Crippen LogP contribution in [-0.4, -0.2) is 22.1 Å². The lowest BCUT2D eigenvalue weighted by atomic mass is 10.1. The molecule has 0 radical (unpaired) electrons. The molecule has 1 aliphatic rings. The Kier molecular flexibility index (Phi) is 3.69. The van der Waals surface area contributed by atoms with Gasteiger partial charge < -0.3 is 16.2 Å². The van der Waals surface area contributed by atoms with Crippen molar-refractivity contribution in [2.45, 2.75) is 38.6 Å². The molecule has 98 valence electrons. The number of nitrogen functional groups attached to an aromatic ring is 1. The van der Waals surface area contributed by atoms with E-state index in [4.69, 9.17) is 10.8 Å². The van der Waals surface area contributed by atoms with E-state index in [0.29, 0.717) is 17.5 Å². The fourth-order valence-electron chi connectivity index (χ4n) is 1.98. The number of anilines is 2. The molecule has 5 heteroatoms. The van der Waals surface area contributed by atoms with Gasteiger partial charge in [-0.05, 0) is 30.9 Å². The molecule has 1 unspecified atom stereocenters. The summed E-state index contributed by atoms with van der Waals surface area (Å²) in [6, 6.07) is 3.32. The molecule has 1 aromatic heterocycles. The minimum absolute atomic E-state index is 0.0213. The Morgan fingerprint density at radius 3 is 2.89 bits per heavy atom. The average Bonchev–Trinajstić information content (AvgIpc) is 3.14. The van der Waals surface area contributed by atoms with Crippen LogP contribution in [0.5, 0.6) is 0 Å². The number of carbonyl (C=O) groups is 1. The van der Waals surface area contributed by atoms with Gasteiger partial charge in [0.25, 0.3) is 0 Å². The van der Waals surface area contributed by atoms with Crippen molar-refractivity contribution in [1.29, 1.82) is 0 Å². The highest BCUT2D eigenvalue weighted by Crippen LogP contribution is 2.35. The lowest BCUT2D eigenvalue weighted by Gasteiger charge is -2.18. The smallest absolute Gasteiger partial charge is 0.354 e. The van der Waals surface area contributed by atoms with Gasteiger partial charge >= 0.3 is 5.97 Å². The molecule has 4 N–H and O–H groups in total. The monoisotopic (exact) mass is 249 g/mol. The molecule has 0 amide bonds. The predicted octanol–water partition coefficient (Wildman–Crippen LogP) is 2.35. The zero-order valence-corrected chi connectivity index (χ0v) is 10.5. The summed E-state index contributed by atoms with van der Waals surface area (Å²) in [7, 11) is 0. The van der Waals surface area contributed by atoms with E-state index in [1.807, 2.05) is 0 Å². The first kappa shape index (κ1) is 12.7. The number of hydrogen-bond acceptors (Lipinski definition) is 4. The maximum atomic E-state index is 10.9. The summed E-state index contributed by atoms with van der Waals surface area (Å²) in [5, 5.41) is 12.2. The number of nitrogens with one attached hydrogen (secondary N) is 1. The van der Waals surface area contributed by atoms with E-state index in [1.54, 1.807) is 6.07 Å². The molecule has 0 aromatic carbocycles. The van der Waals surface area contributed by atoms with Crippen LogP contribution < -0.4 is 11.1 Å². The van der Waals surface area contributed by atoms with E-state index < -0.39 is 5.97 Å². The molecule has 0 bridgehead atoms. The van der Waals surface area contributed by atoms with E-state index in [-0.39, 0.29) is 5.69 Å². The third-order valence-corrected chi connectivity index (χ3v) is 3.29. The predicted molar refractivity (Wildman–Crippen MR) is 70.7 cm³/mol. The number of carboxylic acid groups (broad SMARTS) is 1. The zero-order valence-electron chi connectivity index (χ0n) is 10.5. The average molecular weight is 249 g/mol. The van der Waals surface area contributed by atoms with E-state index in [0.717, 1.165) is 18.8 Å². The van der Waals surface area contributed by atoms with E-state index in [9.17, 15) is 4.79 Å². The molecular weight excluding hydrogens is 230 g/mol. The minimum atomic E-state index is -1.03. The molecule has 1 heterocycles. The van der Waals surface area contributed by atoms with Crippen molar-refractivity contribution in [2.24, 2.45) is 5.92 Å². The number of nitrogens with zero attached hydrogens (tertiary/aromatic N) is 1. The van der Waals surface area contributed by atoms with Gasteiger partial charge in [0.1, 0.15) is 5.82 Å². The summed E-state index contributed by atoms with van der Waals surface area (Å²) < 4.78 is 0. The van der Waals surface area contributed by atoms with Gasteiger partial charge in [-0.15, -0.1) is 0 Å². The number of aromatic carboxylic acids is 1. The first-order valence-electron chi connectivity index (χ1n) is 6.36. The van der Waals surface area contributed by atoms with Gasteiger partial charge in [0.2, 0.25) is 0 Å². The van der Waals surface area contributed by atoms with Gasteiger partial charge in [-0.2, -0.15) is 0 Å². The van der Waals surface area contributed by atoms with Crippen LogP contribution in [0.3, 0.4) is 0 Å². The number of hydrogen-bond donors (Lipinski definition) is 3. The second kappa shape index (κ2) is 5.25. The summed E-state index contributed by atoms with van der Waals surface area (Å²) in [5.74, 6) is 0.266. The van der Waals surface area contributed by atoms with Gasteiger partial charge in [-0.1, -0.05) is 19.8 Å². The summed E-state index contributed by atoms with van der Waals surface area (Å²) in [6.07, 6.45) is 4.69. The molecule has 0 spiro atoms.